The first-order chi connectivity index (χ1) is 17.2. The van der Waals surface area contributed by atoms with Crippen LogP contribution in [-0.2, 0) is 16.2 Å². The molecule has 0 saturated carbocycles. The fraction of sp³-hybridized carbons (Fsp3) is 0.333. The molecular weight excluding hydrogens is 432 g/mol. The summed E-state index contributed by atoms with van der Waals surface area (Å²) in [5.41, 5.74) is 7.29. The second-order valence-electron chi connectivity index (χ2n) is 11.9. The second-order valence-corrected chi connectivity index (χ2v) is 11.9. The highest BCUT2D eigenvalue weighted by Gasteiger charge is 2.41. The monoisotopic (exact) mass is 474 g/mol. The van der Waals surface area contributed by atoms with Gasteiger partial charge in [-0.3, -0.25) is 0 Å². The van der Waals surface area contributed by atoms with Gasteiger partial charge in [-0.05, 0) is 71.1 Å². The fourth-order valence-corrected chi connectivity index (χ4v) is 6.57. The minimum absolute atomic E-state index is 0.00154. The molecule has 3 aromatic carbocycles. The third-order valence-electron chi connectivity index (χ3n) is 8.19. The zero-order valence-electron chi connectivity index (χ0n) is 22.8. The van der Waals surface area contributed by atoms with Crippen LogP contribution in [-0.4, -0.2) is 0 Å². The van der Waals surface area contributed by atoms with Gasteiger partial charge in [0.25, 0.3) is 0 Å². The predicted octanol–water partition coefficient (Wildman–Crippen LogP) is 9.88. The van der Waals surface area contributed by atoms with E-state index >= 15 is 0 Å². The van der Waals surface area contributed by atoms with Gasteiger partial charge in [-0.1, -0.05) is 149 Å². The minimum Gasteiger partial charge on any atom is -0.0801 e. The van der Waals surface area contributed by atoms with E-state index in [1.807, 2.05) is 0 Å². The van der Waals surface area contributed by atoms with E-state index in [0.29, 0.717) is 0 Å². The van der Waals surface area contributed by atoms with Crippen LogP contribution >= 0.6 is 0 Å². The Morgan fingerprint density at radius 1 is 0.611 bits per heavy atom. The highest BCUT2D eigenvalue weighted by atomic mass is 14.5. The molecule has 1 aliphatic carbocycles. The summed E-state index contributed by atoms with van der Waals surface area (Å²) in [6.07, 6.45) is 13.2. The summed E-state index contributed by atoms with van der Waals surface area (Å²) in [4.78, 5) is 0. The Kier molecular flexibility index (Phi) is 7.84. The lowest BCUT2D eigenvalue weighted by atomic mass is 9.59. The van der Waals surface area contributed by atoms with Crippen LogP contribution in [0.2, 0.25) is 0 Å². The van der Waals surface area contributed by atoms with E-state index in [1.165, 1.54) is 27.8 Å². The molecule has 0 radical (unpaired) electrons. The van der Waals surface area contributed by atoms with Crippen LogP contribution in [0, 0.1) is 0 Å². The van der Waals surface area contributed by atoms with Crippen LogP contribution in [0.4, 0.5) is 0 Å². The van der Waals surface area contributed by atoms with E-state index in [4.69, 9.17) is 0 Å². The summed E-state index contributed by atoms with van der Waals surface area (Å²) < 4.78 is 0. The molecule has 0 saturated heterocycles. The SMILES string of the molecule is C/C(CC(C)(CC(C)(CC(C)(C)c1ccccc1)c1ccccc1)c1ccccc1)=C1/C=CC=CC1. The van der Waals surface area contributed by atoms with Crippen molar-refractivity contribution in [1.29, 1.82) is 0 Å². The van der Waals surface area contributed by atoms with Crippen LogP contribution in [0.1, 0.15) is 77.0 Å². The summed E-state index contributed by atoms with van der Waals surface area (Å²) in [5, 5.41) is 0. The van der Waals surface area contributed by atoms with Gasteiger partial charge in [-0.15, -0.1) is 0 Å². The molecule has 36 heavy (non-hydrogen) atoms. The van der Waals surface area contributed by atoms with Gasteiger partial charge in [0.05, 0.1) is 0 Å². The third-order valence-corrected chi connectivity index (χ3v) is 8.19. The Morgan fingerprint density at radius 3 is 1.61 bits per heavy atom. The van der Waals surface area contributed by atoms with E-state index < -0.39 is 0 Å². The Morgan fingerprint density at radius 2 is 1.11 bits per heavy atom. The molecule has 0 heteroatoms. The van der Waals surface area contributed by atoms with Crippen molar-refractivity contribution in [1.82, 2.24) is 0 Å². The van der Waals surface area contributed by atoms with Crippen LogP contribution in [0.25, 0.3) is 0 Å². The van der Waals surface area contributed by atoms with E-state index in [2.05, 4.69) is 150 Å². The van der Waals surface area contributed by atoms with Gasteiger partial charge in [-0.25, -0.2) is 0 Å². The molecule has 2 unspecified atom stereocenters. The fourth-order valence-electron chi connectivity index (χ4n) is 6.57. The van der Waals surface area contributed by atoms with E-state index in [-0.39, 0.29) is 16.2 Å². The molecule has 0 heterocycles. The maximum atomic E-state index is 2.50. The summed E-state index contributed by atoms with van der Waals surface area (Å²) in [6.45, 7) is 12.2. The molecule has 4 rings (SSSR count). The lowest BCUT2D eigenvalue weighted by Crippen LogP contribution is -2.39. The summed E-state index contributed by atoms with van der Waals surface area (Å²) in [6, 6.07) is 33.5. The third kappa shape index (κ3) is 5.98. The predicted molar refractivity (Wildman–Crippen MR) is 157 cm³/mol. The molecule has 0 aromatic heterocycles. The average Bonchev–Trinajstić information content (AvgIpc) is 2.90. The van der Waals surface area contributed by atoms with Gasteiger partial charge >= 0.3 is 0 Å². The molecule has 3 aromatic rings. The van der Waals surface area contributed by atoms with Crippen molar-refractivity contribution in [2.45, 2.75) is 76.5 Å². The Hall–Kier alpha value is -3.12. The maximum Gasteiger partial charge on any atom is -0.00297 e. The van der Waals surface area contributed by atoms with Crippen molar-refractivity contribution in [2.24, 2.45) is 0 Å². The summed E-state index contributed by atoms with van der Waals surface area (Å²) in [5.74, 6) is 0. The molecule has 0 fully saturated rings. The number of hydrogen-bond acceptors (Lipinski definition) is 0. The van der Waals surface area contributed by atoms with Crippen molar-refractivity contribution in [3.8, 4) is 0 Å². The summed E-state index contributed by atoms with van der Waals surface area (Å²) >= 11 is 0. The van der Waals surface area contributed by atoms with E-state index in [0.717, 1.165) is 25.7 Å². The summed E-state index contributed by atoms with van der Waals surface area (Å²) in [7, 11) is 0. The first-order valence-electron chi connectivity index (χ1n) is 13.4. The van der Waals surface area contributed by atoms with Gasteiger partial charge in [-0.2, -0.15) is 0 Å². The smallest absolute Gasteiger partial charge is 0.00297 e. The molecular formula is C36H42. The zero-order valence-corrected chi connectivity index (χ0v) is 22.8. The quantitative estimate of drug-likeness (QED) is 0.289. The Balaban J connectivity index is 1.78. The van der Waals surface area contributed by atoms with Crippen LogP contribution < -0.4 is 0 Å². The van der Waals surface area contributed by atoms with Crippen LogP contribution in [0.5, 0.6) is 0 Å². The molecule has 186 valence electrons. The molecule has 0 bridgehead atoms. The second kappa shape index (κ2) is 10.9. The molecule has 0 N–H and O–H groups in total. The number of benzene rings is 3. The minimum atomic E-state index is -0.00154. The van der Waals surface area contributed by atoms with Crippen molar-refractivity contribution in [3.63, 3.8) is 0 Å². The largest absolute Gasteiger partial charge is 0.0801 e. The normalized spacial score (nSPS) is 18.4. The van der Waals surface area contributed by atoms with Crippen molar-refractivity contribution in [2.75, 3.05) is 0 Å². The van der Waals surface area contributed by atoms with Crippen molar-refractivity contribution in [3.05, 3.63) is 143 Å². The molecule has 2 atom stereocenters. The number of hydrogen-bond donors (Lipinski definition) is 0. The molecule has 0 nitrogen and oxygen atoms in total. The zero-order chi connectivity index (χ0) is 25.7. The first kappa shape index (κ1) is 26.0. The van der Waals surface area contributed by atoms with E-state index in [1.54, 1.807) is 0 Å². The molecule has 0 spiro atoms. The Labute approximate surface area is 219 Å². The van der Waals surface area contributed by atoms with Gasteiger partial charge in [0, 0.05) is 0 Å². The van der Waals surface area contributed by atoms with Crippen molar-refractivity contribution < 1.29 is 0 Å². The lowest BCUT2D eigenvalue weighted by Gasteiger charge is -2.45. The first-order valence-corrected chi connectivity index (χ1v) is 13.4. The maximum absolute atomic E-state index is 2.50. The van der Waals surface area contributed by atoms with E-state index in [9.17, 15) is 0 Å². The highest BCUT2D eigenvalue weighted by Crippen LogP contribution is 2.48. The van der Waals surface area contributed by atoms with Gasteiger partial charge in [0.2, 0.25) is 0 Å². The van der Waals surface area contributed by atoms with Gasteiger partial charge in [0.1, 0.15) is 0 Å². The van der Waals surface area contributed by atoms with Gasteiger partial charge < -0.3 is 0 Å². The number of rotatable bonds is 9. The standard InChI is InChI=1S/C36H42/c1-29(30-18-10-6-11-19-30)26-35(4,32-22-14-8-15-23-32)28-36(5,33-24-16-9-17-25-33)27-34(2,3)31-20-12-7-13-21-31/h6-18,20-25H,19,26-28H2,1-5H3/b30-29+. The topological polar surface area (TPSA) is 0 Å². The number of allylic oxidation sites excluding steroid dienone is 6. The molecule has 0 aliphatic heterocycles. The Bertz CT molecular complexity index is 1210. The molecule has 0 amide bonds. The lowest BCUT2D eigenvalue weighted by molar-refractivity contribution is 0.244. The van der Waals surface area contributed by atoms with Crippen LogP contribution in [0.3, 0.4) is 0 Å². The van der Waals surface area contributed by atoms with Gasteiger partial charge in [0.15, 0.2) is 0 Å². The highest BCUT2D eigenvalue weighted by molar-refractivity contribution is 5.38. The van der Waals surface area contributed by atoms with Crippen molar-refractivity contribution >= 4 is 0 Å². The average molecular weight is 475 g/mol. The van der Waals surface area contributed by atoms with Crippen LogP contribution in [0.15, 0.2) is 126 Å². The molecule has 1 aliphatic rings.